The van der Waals surface area contributed by atoms with Gasteiger partial charge in [0, 0.05) is 13.0 Å². The maximum Gasteiger partial charge on any atom is 0.309 e. The minimum Gasteiger partial charge on any atom is -0.392 e. The van der Waals surface area contributed by atoms with E-state index in [0.29, 0.717) is 6.54 Å². The van der Waals surface area contributed by atoms with Crippen LogP contribution in [0.5, 0.6) is 0 Å². The van der Waals surface area contributed by atoms with Gasteiger partial charge in [0.25, 0.3) is 0 Å². The number of carbonyl (C=O) groups is 3. The van der Waals surface area contributed by atoms with Crippen LogP contribution in [0.2, 0.25) is 0 Å². The van der Waals surface area contributed by atoms with Crippen LogP contribution in [0.3, 0.4) is 0 Å². The summed E-state index contributed by atoms with van der Waals surface area (Å²) in [6, 6.07) is -0.337. The zero-order valence-electron chi connectivity index (χ0n) is 8.41. The van der Waals surface area contributed by atoms with E-state index in [0.717, 1.165) is 0 Å². The summed E-state index contributed by atoms with van der Waals surface area (Å²) in [4.78, 5) is 33.4. The summed E-state index contributed by atoms with van der Waals surface area (Å²) in [5.74, 6) is -1.75. The number of hydrogen-bond donors (Lipinski definition) is 4. The van der Waals surface area contributed by atoms with Crippen LogP contribution >= 0.6 is 12.2 Å². The minimum atomic E-state index is -0.813. The van der Waals surface area contributed by atoms with Gasteiger partial charge in [0.1, 0.15) is 0 Å². The highest BCUT2D eigenvalue weighted by Gasteiger charge is 2.25. The SMILES string of the molecule is NC(=S)CNC(=O)C(=O)NC1CNC(=O)C1. The van der Waals surface area contributed by atoms with E-state index in [9.17, 15) is 14.4 Å². The van der Waals surface area contributed by atoms with E-state index in [4.69, 9.17) is 5.73 Å². The van der Waals surface area contributed by atoms with Gasteiger partial charge in [0.15, 0.2) is 0 Å². The summed E-state index contributed by atoms with van der Waals surface area (Å²) < 4.78 is 0. The Kier molecular flexibility index (Phi) is 4.18. The van der Waals surface area contributed by atoms with E-state index in [2.05, 4.69) is 28.2 Å². The Morgan fingerprint density at radius 1 is 1.50 bits per heavy atom. The lowest BCUT2D eigenvalue weighted by molar-refractivity contribution is -0.139. The number of rotatable bonds is 3. The van der Waals surface area contributed by atoms with E-state index in [1.807, 2.05) is 0 Å². The molecular formula is C8H12N4O3S. The molecule has 16 heavy (non-hydrogen) atoms. The largest absolute Gasteiger partial charge is 0.392 e. The van der Waals surface area contributed by atoms with E-state index in [-0.39, 0.29) is 29.9 Å². The normalized spacial score (nSPS) is 18.8. The van der Waals surface area contributed by atoms with Crippen molar-refractivity contribution in [1.29, 1.82) is 0 Å². The van der Waals surface area contributed by atoms with Crippen LogP contribution in [0.15, 0.2) is 0 Å². The lowest BCUT2D eigenvalue weighted by Crippen LogP contribution is -2.46. The minimum absolute atomic E-state index is 0.0244. The fraction of sp³-hybridized carbons (Fsp3) is 0.500. The fourth-order valence-corrected chi connectivity index (χ4v) is 1.28. The highest BCUT2D eigenvalue weighted by molar-refractivity contribution is 7.80. The third kappa shape index (κ3) is 3.81. The molecule has 3 amide bonds. The predicted molar refractivity (Wildman–Crippen MR) is 59.4 cm³/mol. The summed E-state index contributed by atoms with van der Waals surface area (Å²) in [5.41, 5.74) is 5.15. The van der Waals surface area contributed by atoms with Crippen molar-refractivity contribution in [2.45, 2.75) is 12.5 Å². The maximum atomic E-state index is 11.3. The summed E-state index contributed by atoms with van der Waals surface area (Å²) in [7, 11) is 0. The quantitative estimate of drug-likeness (QED) is 0.321. The second-order valence-electron chi connectivity index (χ2n) is 3.33. The molecule has 7 nitrogen and oxygen atoms in total. The Morgan fingerprint density at radius 2 is 2.19 bits per heavy atom. The van der Waals surface area contributed by atoms with Crippen LogP contribution in [0.1, 0.15) is 6.42 Å². The molecule has 1 saturated heterocycles. The first kappa shape index (κ1) is 12.4. The molecule has 0 aliphatic carbocycles. The Balaban J connectivity index is 2.31. The first-order valence-electron chi connectivity index (χ1n) is 4.62. The highest BCUT2D eigenvalue weighted by Crippen LogP contribution is 1.98. The predicted octanol–water partition coefficient (Wildman–Crippen LogP) is -2.61. The molecule has 0 aromatic rings. The van der Waals surface area contributed by atoms with Crippen molar-refractivity contribution in [3.05, 3.63) is 0 Å². The second-order valence-corrected chi connectivity index (χ2v) is 3.85. The van der Waals surface area contributed by atoms with Crippen LogP contribution in [-0.2, 0) is 14.4 Å². The number of nitrogens with one attached hydrogen (secondary N) is 3. The van der Waals surface area contributed by atoms with Gasteiger partial charge in [-0.25, -0.2) is 0 Å². The molecule has 88 valence electrons. The van der Waals surface area contributed by atoms with Gasteiger partial charge in [-0.1, -0.05) is 12.2 Å². The van der Waals surface area contributed by atoms with Crippen LogP contribution in [0.4, 0.5) is 0 Å². The number of thiocarbonyl (C=S) groups is 1. The third-order valence-electron chi connectivity index (χ3n) is 1.94. The van der Waals surface area contributed by atoms with Crippen molar-refractivity contribution < 1.29 is 14.4 Å². The van der Waals surface area contributed by atoms with Crippen LogP contribution < -0.4 is 21.7 Å². The fourth-order valence-electron chi connectivity index (χ4n) is 1.21. The lowest BCUT2D eigenvalue weighted by atomic mass is 10.2. The monoisotopic (exact) mass is 244 g/mol. The van der Waals surface area contributed by atoms with Crippen LogP contribution in [0, 0.1) is 0 Å². The highest BCUT2D eigenvalue weighted by atomic mass is 32.1. The number of amides is 3. The van der Waals surface area contributed by atoms with Gasteiger partial charge >= 0.3 is 11.8 Å². The van der Waals surface area contributed by atoms with Crippen LogP contribution in [0.25, 0.3) is 0 Å². The molecule has 0 radical (unpaired) electrons. The molecule has 1 aliphatic heterocycles. The summed E-state index contributed by atoms with van der Waals surface area (Å²) in [5, 5.41) is 7.20. The molecule has 0 saturated carbocycles. The third-order valence-corrected chi connectivity index (χ3v) is 2.09. The van der Waals surface area contributed by atoms with Crippen molar-refractivity contribution in [1.82, 2.24) is 16.0 Å². The molecule has 1 atom stereocenters. The molecule has 1 aliphatic rings. The molecule has 1 fully saturated rings. The molecule has 1 unspecified atom stereocenters. The van der Waals surface area contributed by atoms with Crippen molar-refractivity contribution in [2.75, 3.05) is 13.1 Å². The maximum absolute atomic E-state index is 11.3. The standard InChI is InChI=1S/C8H12N4O3S/c9-5(16)3-11-7(14)8(15)12-4-1-6(13)10-2-4/h4H,1-3H2,(H2,9,16)(H,10,13)(H,11,14)(H,12,15). The Hall–Kier alpha value is -1.70. The average Bonchev–Trinajstić information content (AvgIpc) is 2.60. The molecule has 0 aromatic heterocycles. The lowest BCUT2D eigenvalue weighted by Gasteiger charge is -2.09. The summed E-state index contributed by atoms with van der Waals surface area (Å²) in [6.07, 6.45) is 0.189. The molecule has 0 spiro atoms. The number of nitrogens with two attached hydrogens (primary N) is 1. The van der Waals surface area contributed by atoms with Crippen molar-refractivity contribution in [3.8, 4) is 0 Å². The molecule has 0 bridgehead atoms. The average molecular weight is 244 g/mol. The van der Waals surface area contributed by atoms with Gasteiger partial charge in [0.05, 0.1) is 17.6 Å². The van der Waals surface area contributed by atoms with Gasteiger partial charge in [-0.05, 0) is 0 Å². The zero-order valence-corrected chi connectivity index (χ0v) is 9.23. The summed E-state index contributed by atoms with van der Waals surface area (Å²) >= 11 is 4.54. The van der Waals surface area contributed by atoms with Gasteiger partial charge in [0.2, 0.25) is 5.91 Å². The zero-order chi connectivity index (χ0) is 12.1. The van der Waals surface area contributed by atoms with Gasteiger partial charge in [-0.2, -0.15) is 0 Å². The van der Waals surface area contributed by atoms with E-state index >= 15 is 0 Å². The second kappa shape index (κ2) is 5.40. The van der Waals surface area contributed by atoms with Gasteiger partial charge < -0.3 is 21.7 Å². The van der Waals surface area contributed by atoms with E-state index in [1.54, 1.807) is 0 Å². The first-order valence-corrected chi connectivity index (χ1v) is 5.03. The van der Waals surface area contributed by atoms with E-state index in [1.165, 1.54) is 0 Å². The molecule has 1 rings (SSSR count). The molecule has 8 heteroatoms. The Bertz CT molecular complexity index is 344. The Labute approximate surface area is 97.1 Å². The molecule has 5 N–H and O–H groups in total. The van der Waals surface area contributed by atoms with Crippen molar-refractivity contribution >= 4 is 34.9 Å². The summed E-state index contributed by atoms with van der Waals surface area (Å²) in [6.45, 7) is 0.316. The first-order chi connectivity index (χ1) is 7.49. The van der Waals surface area contributed by atoms with Gasteiger partial charge in [-0.15, -0.1) is 0 Å². The van der Waals surface area contributed by atoms with E-state index < -0.39 is 11.8 Å². The molecule has 0 aromatic carbocycles. The smallest absolute Gasteiger partial charge is 0.309 e. The van der Waals surface area contributed by atoms with Gasteiger partial charge in [-0.3, -0.25) is 14.4 Å². The molecular weight excluding hydrogens is 232 g/mol. The number of hydrogen-bond acceptors (Lipinski definition) is 4. The molecule has 1 heterocycles. The number of carbonyl (C=O) groups excluding carboxylic acids is 3. The van der Waals surface area contributed by atoms with Crippen LogP contribution in [-0.4, -0.2) is 41.8 Å². The van der Waals surface area contributed by atoms with Crippen molar-refractivity contribution in [2.24, 2.45) is 5.73 Å². The topological polar surface area (TPSA) is 113 Å². The van der Waals surface area contributed by atoms with Crippen molar-refractivity contribution in [3.63, 3.8) is 0 Å². The Morgan fingerprint density at radius 3 is 2.69 bits per heavy atom.